The maximum atomic E-state index is 13.5. The topological polar surface area (TPSA) is 26.3 Å². The van der Waals surface area contributed by atoms with E-state index in [0.29, 0.717) is 0 Å². The summed E-state index contributed by atoms with van der Waals surface area (Å²) >= 11 is 0. The van der Waals surface area contributed by atoms with E-state index in [-0.39, 0.29) is 12.1 Å². The van der Waals surface area contributed by atoms with Gasteiger partial charge in [-0.1, -0.05) is 103 Å². The molecule has 0 radical (unpaired) electrons. The molecule has 4 heteroatoms. The summed E-state index contributed by atoms with van der Waals surface area (Å²) < 4.78 is 18.7. The lowest BCUT2D eigenvalue weighted by molar-refractivity contribution is -0.142. The Balaban J connectivity index is 3.15. The van der Waals surface area contributed by atoms with Crippen molar-refractivity contribution < 1.29 is 13.6 Å². The van der Waals surface area contributed by atoms with Gasteiger partial charge in [-0.25, -0.2) is 4.79 Å². The van der Waals surface area contributed by atoms with Crippen molar-refractivity contribution in [2.75, 3.05) is 0 Å². The fourth-order valence-electron chi connectivity index (χ4n) is 3.76. The molecule has 172 valence electrons. The van der Waals surface area contributed by atoms with Crippen LogP contribution < -0.4 is 0 Å². The first-order valence-electron chi connectivity index (χ1n) is 12.4. The summed E-state index contributed by atoms with van der Waals surface area (Å²) in [5.41, 5.74) is 0. The molecule has 29 heavy (non-hydrogen) atoms. The van der Waals surface area contributed by atoms with E-state index >= 15 is 0 Å². The predicted octanol–water partition coefficient (Wildman–Crippen LogP) is 8.91. The summed E-state index contributed by atoms with van der Waals surface area (Å²) in [6, 6.07) is 0.847. The van der Waals surface area contributed by atoms with E-state index in [4.69, 9.17) is 4.74 Å². The van der Waals surface area contributed by atoms with E-state index in [2.05, 4.69) is 6.58 Å². The second-order valence-corrected chi connectivity index (χ2v) is 13.3. The largest absolute Gasteiger partial charge is 0.460 e. The van der Waals surface area contributed by atoms with E-state index in [1.54, 1.807) is 0 Å². The highest BCUT2D eigenvalue weighted by molar-refractivity contribution is 6.70. The Labute approximate surface area is 182 Å². The molecule has 0 N–H and O–H groups in total. The van der Waals surface area contributed by atoms with Crippen LogP contribution in [0.25, 0.3) is 0 Å². The summed E-state index contributed by atoms with van der Waals surface area (Å²) in [5, 5.41) is 0. The van der Waals surface area contributed by atoms with Crippen LogP contribution in [0.5, 0.6) is 0 Å². The van der Waals surface area contributed by atoms with Crippen LogP contribution in [0, 0.1) is 0 Å². The van der Waals surface area contributed by atoms with Gasteiger partial charge in [0.15, 0.2) is 0 Å². The molecule has 0 bridgehead atoms. The number of halogens is 1. The van der Waals surface area contributed by atoms with Gasteiger partial charge in [-0.2, -0.15) is 0 Å². The lowest BCUT2D eigenvalue weighted by Gasteiger charge is -2.11. The molecule has 0 aliphatic heterocycles. The van der Waals surface area contributed by atoms with Crippen molar-refractivity contribution in [3.8, 4) is 0 Å². The average Bonchev–Trinajstić information content (AvgIpc) is 2.66. The van der Waals surface area contributed by atoms with Crippen molar-refractivity contribution in [3.63, 3.8) is 0 Å². The minimum absolute atomic E-state index is 0.00998. The van der Waals surface area contributed by atoms with E-state index in [9.17, 15) is 8.90 Å². The van der Waals surface area contributed by atoms with Gasteiger partial charge in [0.25, 0.3) is 0 Å². The highest BCUT2D eigenvalue weighted by Gasteiger charge is 2.18. The van der Waals surface area contributed by atoms with Crippen molar-refractivity contribution in [1.82, 2.24) is 0 Å². The summed E-state index contributed by atoms with van der Waals surface area (Å²) in [6.07, 6.45) is 23.2. The van der Waals surface area contributed by atoms with Crippen molar-refractivity contribution in [1.29, 1.82) is 0 Å². The number of esters is 1. The van der Waals surface area contributed by atoms with Gasteiger partial charge in [-0.15, -0.1) is 0 Å². The third-order valence-corrected chi connectivity index (χ3v) is 7.16. The molecule has 0 aromatic rings. The first-order chi connectivity index (χ1) is 13.8. The number of hydrogen-bond acceptors (Lipinski definition) is 2. The van der Waals surface area contributed by atoms with Gasteiger partial charge in [0.05, 0.1) is 6.10 Å². The SMILES string of the molecule is C=CC(=O)OC(C)CCCCCCCCCCCCCCCCCC[Si](C)(C)F. The van der Waals surface area contributed by atoms with Crippen LogP contribution in [0.3, 0.4) is 0 Å². The molecule has 1 atom stereocenters. The molecule has 0 saturated heterocycles. The molecule has 0 saturated carbocycles. The minimum atomic E-state index is -2.29. The molecule has 0 aliphatic rings. The normalized spacial score (nSPS) is 12.7. The fourth-order valence-corrected chi connectivity index (χ4v) is 4.85. The number of carbonyl (C=O) groups excluding carboxylic acids is 1. The molecule has 1 unspecified atom stereocenters. The number of ether oxygens (including phenoxy) is 1. The minimum Gasteiger partial charge on any atom is -0.460 e. The number of unbranched alkanes of at least 4 members (excludes halogenated alkanes) is 15. The number of rotatable bonds is 21. The second-order valence-electron chi connectivity index (χ2n) is 9.37. The van der Waals surface area contributed by atoms with Gasteiger partial charge in [0, 0.05) is 6.08 Å². The molecule has 0 heterocycles. The summed E-state index contributed by atoms with van der Waals surface area (Å²) in [5.74, 6) is -0.312. The van der Waals surface area contributed by atoms with Crippen LogP contribution in [-0.2, 0) is 9.53 Å². The zero-order valence-corrected chi connectivity index (χ0v) is 20.8. The Bertz CT molecular complexity index is 393. The highest BCUT2D eigenvalue weighted by Crippen LogP contribution is 2.18. The Morgan fingerprint density at radius 2 is 1.14 bits per heavy atom. The van der Waals surface area contributed by atoms with Crippen LogP contribution >= 0.6 is 0 Å². The molecular weight excluding hydrogens is 379 g/mol. The van der Waals surface area contributed by atoms with Crippen molar-refractivity contribution in [3.05, 3.63) is 12.7 Å². The molecular formula is C25H49FO2Si. The zero-order chi connectivity index (χ0) is 21.8. The fraction of sp³-hybridized carbons (Fsp3) is 0.880. The summed E-state index contributed by atoms with van der Waals surface area (Å²) in [6.45, 7) is 9.02. The van der Waals surface area contributed by atoms with Crippen LogP contribution in [0.15, 0.2) is 12.7 Å². The van der Waals surface area contributed by atoms with Crippen molar-refractivity contribution in [2.24, 2.45) is 0 Å². The first-order valence-corrected chi connectivity index (χ1v) is 15.5. The van der Waals surface area contributed by atoms with Crippen LogP contribution in [0.1, 0.15) is 116 Å². The van der Waals surface area contributed by atoms with Gasteiger partial charge < -0.3 is 8.84 Å². The second kappa shape index (κ2) is 19.3. The number of carbonyl (C=O) groups is 1. The van der Waals surface area contributed by atoms with Crippen LogP contribution in [-0.4, -0.2) is 20.5 Å². The standard InChI is InChI=1S/C25H49FO2Si/c1-5-25(27)28-24(2)22-20-18-16-14-12-10-8-6-7-9-11-13-15-17-19-21-23-29(3,4)26/h5,24H,1,6-23H2,2-4H3. The van der Waals surface area contributed by atoms with E-state index in [1.165, 1.54) is 96.0 Å². The van der Waals surface area contributed by atoms with E-state index in [1.807, 2.05) is 20.0 Å². The average molecular weight is 429 g/mol. The Kier molecular flexibility index (Phi) is 18.9. The lowest BCUT2D eigenvalue weighted by atomic mass is 10.0. The van der Waals surface area contributed by atoms with Gasteiger partial charge in [-0.05, 0) is 38.9 Å². The van der Waals surface area contributed by atoms with E-state index in [0.717, 1.165) is 25.3 Å². The molecule has 0 amide bonds. The van der Waals surface area contributed by atoms with Gasteiger partial charge >= 0.3 is 5.97 Å². The quantitative estimate of drug-likeness (QED) is 0.0599. The smallest absolute Gasteiger partial charge is 0.330 e. The molecule has 0 aliphatic carbocycles. The van der Waals surface area contributed by atoms with Gasteiger partial charge in [-0.3, -0.25) is 0 Å². The first kappa shape index (κ1) is 28.4. The molecule has 0 aromatic heterocycles. The van der Waals surface area contributed by atoms with Crippen LogP contribution in [0.4, 0.5) is 4.11 Å². The molecule has 0 aromatic carbocycles. The maximum absolute atomic E-state index is 13.5. The number of hydrogen-bond donors (Lipinski definition) is 0. The molecule has 0 fully saturated rings. The van der Waals surface area contributed by atoms with Gasteiger partial charge in [0.1, 0.15) is 0 Å². The Hall–Kier alpha value is -0.643. The third kappa shape index (κ3) is 23.5. The molecule has 0 spiro atoms. The lowest BCUT2D eigenvalue weighted by Crippen LogP contribution is -2.16. The van der Waals surface area contributed by atoms with Crippen molar-refractivity contribution in [2.45, 2.75) is 141 Å². The van der Waals surface area contributed by atoms with Crippen molar-refractivity contribution >= 4 is 14.4 Å². The Morgan fingerprint density at radius 3 is 1.48 bits per heavy atom. The summed E-state index contributed by atoms with van der Waals surface area (Å²) in [4.78, 5) is 11.1. The monoisotopic (exact) mass is 428 g/mol. The summed E-state index contributed by atoms with van der Waals surface area (Å²) in [7, 11) is -2.29. The highest BCUT2D eigenvalue weighted by atomic mass is 28.4. The zero-order valence-electron chi connectivity index (χ0n) is 19.8. The molecule has 0 rings (SSSR count). The van der Waals surface area contributed by atoms with Gasteiger partial charge in [0.2, 0.25) is 8.41 Å². The van der Waals surface area contributed by atoms with E-state index < -0.39 is 8.41 Å². The molecule has 2 nitrogen and oxygen atoms in total. The maximum Gasteiger partial charge on any atom is 0.330 e. The Morgan fingerprint density at radius 1 is 0.793 bits per heavy atom. The van der Waals surface area contributed by atoms with Crippen LogP contribution in [0.2, 0.25) is 19.1 Å². The predicted molar refractivity (Wildman–Crippen MR) is 128 cm³/mol. The third-order valence-electron chi connectivity index (χ3n) is 5.62.